The normalized spacial score (nSPS) is 15.1. The number of carbonyl (C=O) groups excluding carboxylic acids is 1. The first-order chi connectivity index (χ1) is 13.4. The van der Waals surface area contributed by atoms with Crippen LogP contribution in [0.5, 0.6) is 0 Å². The molecule has 3 rings (SSSR count). The average molecular weight is 421 g/mol. The van der Waals surface area contributed by atoms with Gasteiger partial charge in [-0.3, -0.25) is 9.10 Å². The summed E-state index contributed by atoms with van der Waals surface area (Å²) >= 11 is 6.06. The third-order valence-corrected chi connectivity index (χ3v) is 7.01. The summed E-state index contributed by atoms with van der Waals surface area (Å²) in [6.45, 7) is 2.93. The van der Waals surface area contributed by atoms with E-state index in [0.717, 1.165) is 25.7 Å². The minimum Gasteiger partial charge on any atom is -0.341 e. The number of sulfonamides is 1. The molecule has 150 valence electrons. The molecule has 2 aromatic rings. The van der Waals surface area contributed by atoms with Gasteiger partial charge in [0.1, 0.15) is 6.54 Å². The zero-order valence-electron chi connectivity index (χ0n) is 16.0. The van der Waals surface area contributed by atoms with E-state index >= 15 is 0 Å². The van der Waals surface area contributed by atoms with Crippen LogP contribution in [0.4, 0.5) is 5.69 Å². The van der Waals surface area contributed by atoms with E-state index < -0.39 is 10.0 Å². The molecule has 1 saturated heterocycles. The molecule has 1 fully saturated rings. The molecule has 0 unspecified atom stereocenters. The monoisotopic (exact) mass is 420 g/mol. The number of likely N-dealkylation sites (tertiary alicyclic amines) is 1. The molecule has 0 aromatic heterocycles. The maximum absolute atomic E-state index is 13.4. The van der Waals surface area contributed by atoms with Crippen LogP contribution in [0.3, 0.4) is 0 Å². The van der Waals surface area contributed by atoms with Crippen molar-refractivity contribution >= 4 is 33.2 Å². The average Bonchev–Trinajstić information content (AvgIpc) is 2.97. The lowest BCUT2D eigenvalue weighted by Crippen LogP contribution is -2.43. The highest BCUT2D eigenvalue weighted by Crippen LogP contribution is 2.29. The minimum atomic E-state index is -3.89. The lowest BCUT2D eigenvalue weighted by Gasteiger charge is -2.29. The van der Waals surface area contributed by atoms with Gasteiger partial charge in [-0.15, -0.1) is 0 Å². The topological polar surface area (TPSA) is 57.7 Å². The predicted octanol–water partition coefficient (Wildman–Crippen LogP) is 4.25. The molecular weight excluding hydrogens is 396 g/mol. The van der Waals surface area contributed by atoms with E-state index in [2.05, 4.69) is 0 Å². The lowest BCUT2D eigenvalue weighted by atomic mass is 10.2. The summed E-state index contributed by atoms with van der Waals surface area (Å²) in [5.74, 6) is -0.171. The molecule has 28 heavy (non-hydrogen) atoms. The van der Waals surface area contributed by atoms with Gasteiger partial charge in [0.15, 0.2) is 0 Å². The van der Waals surface area contributed by atoms with Crippen molar-refractivity contribution in [1.29, 1.82) is 0 Å². The Bertz CT molecular complexity index is 924. The highest BCUT2D eigenvalue weighted by molar-refractivity contribution is 7.92. The van der Waals surface area contributed by atoms with E-state index in [1.807, 2.05) is 0 Å². The van der Waals surface area contributed by atoms with Crippen LogP contribution in [0.1, 0.15) is 31.2 Å². The fraction of sp³-hybridized carbons (Fsp3) is 0.381. The van der Waals surface area contributed by atoms with Crippen LogP contribution < -0.4 is 4.31 Å². The van der Waals surface area contributed by atoms with Crippen molar-refractivity contribution in [1.82, 2.24) is 4.90 Å². The fourth-order valence-electron chi connectivity index (χ4n) is 3.46. The van der Waals surface area contributed by atoms with Crippen LogP contribution in [-0.2, 0) is 14.8 Å². The molecule has 1 aliphatic heterocycles. The van der Waals surface area contributed by atoms with Crippen LogP contribution in [0.15, 0.2) is 53.4 Å². The standard InChI is InChI=1S/C21H25ClN2O3S/c1-17-15-18(22)11-12-20(17)24(28(26,27)19-9-5-4-6-10-19)16-21(25)23-13-7-2-3-8-14-23/h4-6,9-12,15H,2-3,7-8,13-14,16H2,1H3. The summed E-state index contributed by atoms with van der Waals surface area (Å²) in [6.07, 6.45) is 4.12. The highest BCUT2D eigenvalue weighted by atomic mass is 35.5. The zero-order chi connectivity index (χ0) is 20.1. The quantitative estimate of drug-likeness (QED) is 0.726. The molecule has 1 amide bonds. The Labute approximate surface area is 172 Å². The maximum atomic E-state index is 13.4. The van der Waals surface area contributed by atoms with Crippen LogP contribution in [-0.4, -0.2) is 38.9 Å². The fourth-order valence-corrected chi connectivity index (χ4v) is 5.19. The van der Waals surface area contributed by atoms with Gasteiger partial charge in [-0.05, 0) is 55.7 Å². The van der Waals surface area contributed by atoms with E-state index in [0.29, 0.717) is 29.4 Å². The van der Waals surface area contributed by atoms with Crippen molar-refractivity contribution in [3.63, 3.8) is 0 Å². The van der Waals surface area contributed by atoms with Crippen molar-refractivity contribution in [2.24, 2.45) is 0 Å². The highest BCUT2D eigenvalue weighted by Gasteiger charge is 2.30. The molecule has 0 N–H and O–H groups in total. The number of halogens is 1. The Hall–Kier alpha value is -2.05. The summed E-state index contributed by atoms with van der Waals surface area (Å²) in [6, 6.07) is 13.2. The first-order valence-electron chi connectivity index (χ1n) is 9.51. The Morgan fingerprint density at radius 1 is 1.04 bits per heavy atom. The Morgan fingerprint density at radius 2 is 1.68 bits per heavy atom. The van der Waals surface area contributed by atoms with Crippen LogP contribution >= 0.6 is 11.6 Å². The van der Waals surface area contributed by atoms with E-state index in [4.69, 9.17) is 11.6 Å². The number of hydrogen-bond donors (Lipinski definition) is 0. The number of aryl methyl sites for hydroxylation is 1. The molecule has 1 heterocycles. The summed E-state index contributed by atoms with van der Waals surface area (Å²) in [5, 5.41) is 0.525. The van der Waals surface area contributed by atoms with Crippen LogP contribution in [0.2, 0.25) is 5.02 Å². The number of nitrogens with zero attached hydrogens (tertiary/aromatic N) is 2. The summed E-state index contributed by atoms with van der Waals surface area (Å²) in [4.78, 5) is 14.9. The smallest absolute Gasteiger partial charge is 0.264 e. The summed E-state index contributed by atoms with van der Waals surface area (Å²) < 4.78 is 28.0. The molecule has 7 heteroatoms. The Balaban J connectivity index is 1.98. The summed E-state index contributed by atoms with van der Waals surface area (Å²) in [7, 11) is -3.89. The molecule has 0 spiro atoms. The van der Waals surface area contributed by atoms with E-state index in [1.54, 1.807) is 60.4 Å². The van der Waals surface area contributed by atoms with Crippen molar-refractivity contribution in [3.8, 4) is 0 Å². The molecule has 0 aliphatic carbocycles. The molecule has 1 aliphatic rings. The largest absolute Gasteiger partial charge is 0.341 e. The molecule has 0 saturated carbocycles. The van der Waals surface area contributed by atoms with Gasteiger partial charge in [-0.2, -0.15) is 0 Å². The second-order valence-electron chi connectivity index (χ2n) is 7.05. The van der Waals surface area contributed by atoms with Gasteiger partial charge < -0.3 is 4.90 Å². The van der Waals surface area contributed by atoms with E-state index in [1.165, 1.54) is 4.31 Å². The van der Waals surface area contributed by atoms with Gasteiger partial charge in [-0.25, -0.2) is 8.42 Å². The molecule has 5 nitrogen and oxygen atoms in total. The number of amides is 1. The Morgan fingerprint density at radius 3 is 2.29 bits per heavy atom. The van der Waals surface area contributed by atoms with Crippen molar-refractivity contribution in [2.45, 2.75) is 37.5 Å². The van der Waals surface area contributed by atoms with Gasteiger partial charge in [-0.1, -0.05) is 42.6 Å². The number of anilines is 1. The third-order valence-electron chi connectivity index (χ3n) is 5.00. The predicted molar refractivity (Wildman–Crippen MR) is 112 cm³/mol. The third kappa shape index (κ3) is 4.67. The van der Waals surface area contributed by atoms with Gasteiger partial charge in [0.05, 0.1) is 10.6 Å². The van der Waals surface area contributed by atoms with Gasteiger partial charge in [0.25, 0.3) is 10.0 Å². The molecule has 2 aromatic carbocycles. The van der Waals surface area contributed by atoms with Crippen molar-refractivity contribution in [2.75, 3.05) is 23.9 Å². The molecule has 0 bridgehead atoms. The number of hydrogen-bond acceptors (Lipinski definition) is 3. The van der Waals surface area contributed by atoms with Gasteiger partial charge in [0, 0.05) is 18.1 Å². The molecule has 0 radical (unpaired) electrons. The lowest BCUT2D eigenvalue weighted by molar-refractivity contribution is -0.129. The minimum absolute atomic E-state index is 0.160. The van der Waals surface area contributed by atoms with E-state index in [-0.39, 0.29) is 17.3 Å². The SMILES string of the molecule is Cc1cc(Cl)ccc1N(CC(=O)N1CCCCCC1)S(=O)(=O)c1ccccc1. The number of carbonyl (C=O) groups is 1. The summed E-state index contributed by atoms with van der Waals surface area (Å²) in [5.41, 5.74) is 1.17. The van der Waals surface area contributed by atoms with Crippen LogP contribution in [0.25, 0.3) is 0 Å². The number of rotatable bonds is 5. The second-order valence-corrected chi connectivity index (χ2v) is 9.35. The van der Waals surface area contributed by atoms with Gasteiger partial charge in [0.2, 0.25) is 5.91 Å². The first kappa shape index (κ1) is 20.7. The molecule has 0 atom stereocenters. The molecular formula is C21H25ClN2O3S. The van der Waals surface area contributed by atoms with E-state index in [9.17, 15) is 13.2 Å². The number of benzene rings is 2. The maximum Gasteiger partial charge on any atom is 0.264 e. The van der Waals surface area contributed by atoms with Crippen molar-refractivity contribution in [3.05, 3.63) is 59.1 Å². The van der Waals surface area contributed by atoms with Crippen molar-refractivity contribution < 1.29 is 13.2 Å². The first-order valence-corrected chi connectivity index (χ1v) is 11.3. The van der Waals surface area contributed by atoms with Gasteiger partial charge >= 0.3 is 0 Å². The van der Waals surface area contributed by atoms with Crippen LogP contribution in [0, 0.1) is 6.92 Å². The zero-order valence-corrected chi connectivity index (χ0v) is 17.5. The Kier molecular flexibility index (Phi) is 6.62. The second kappa shape index (κ2) is 8.97.